The zero-order chi connectivity index (χ0) is 27.2. The molecule has 1 aliphatic carbocycles. The average molecular weight is 502 g/mol. The number of ether oxygens (including phenoxy) is 1. The van der Waals surface area contributed by atoms with Crippen molar-refractivity contribution in [2.75, 3.05) is 0 Å². The number of carbonyl (C=O) groups is 3. The fraction of sp³-hybridized carbons (Fsp3) is 0.690. The van der Waals surface area contributed by atoms with Crippen molar-refractivity contribution < 1.29 is 19.1 Å². The third kappa shape index (κ3) is 7.97. The van der Waals surface area contributed by atoms with Crippen LogP contribution in [0.4, 0.5) is 4.79 Å². The van der Waals surface area contributed by atoms with E-state index in [1.165, 1.54) is 6.42 Å². The lowest BCUT2D eigenvalue weighted by atomic mass is 9.90. The van der Waals surface area contributed by atoms with Crippen molar-refractivity contribution in [3.8, 4) is 0 Å². The van der Waals surface area contributed by atoms with Crippen LogP contribution in [0.5, 0.6) is 0 Å². The Labute approximate surface area is 217 Å². The molecule has 0 saturated heterocycles. The van der Waals surface area contributed by atoms with E-state index in [0.29, 0.717) is 0 Å². The molecule has 2 N–H and O–H groups in total. The van der Waals surface area contributed by atoms with E-state index in [-0.39, 0.29) is 29.8 Å². The molecule has 0 bridgehead atoms. The highest BCUT2D eigenvalue weighted by Gasteiger charge is 2.40. The Morgan fingerprint density at radius 3 is 2.00 bits per heavy atom. The lowest BCUT2D eigenvalue weighted by Crippen LogP contribution is -2.57. The van der Waals surface area contributed by atoms with Gasteiger partial charge in [-0.15, -0.1) is 0 Å². The molecule has 1 saturated carbocycles. The second-order valence-corrected chi connectivity index (χ2v) is 11.8. The molecule has 0 heterocycles. The normalized spacial score (nSPS) is 16.4. The van der Waals surface area contributed by atoms with Gasteiger partial charge in [0.1, 0.15) is 17.7 Å². The molecule has 2 atom stereocenters. The van der Waals surface area contributed by atoms with E-state index in [4.69, 9.17) is 4.74 Å². The Kier molecular flexibility index (Phi) is 10.4. The van der Waals surface area contributed by atoms with Crippen molar-refractivity contribution in [3.05, 3.63) is 34.9 Å². The van der Waals surface area contributed by atoms with Gasteiger partial charge in [0, 0.05) is 12.1 Å². The first-order valence-electron chi connectivity index (χ1n) is 13.4. The standard InChI is InChI=1S/C29H47N3O4/c1-18(2)24(31-28(35)36-29(7,8)9)27(34)32(19(3)4)25(23-20(5)14-13-15-21(23)6)26(33)30-22-16-11-10-12-17-22/h13-15,18-19,22,24-25H,10-12,16-17H2,1-9H3,(H,30,33)(H,31,35). The van der Waals surface area contributed by atoms with Crippen molar-refractivity contribution in [1.29, 1.82) is 0 Å². The summed E-state index contributed by atoms with van der Waals surface area (Å²) in [6, 6.07) is 4.12. The summed E-state index contributed by atoms with van der Waals surface area (Å²) in [7, 11) is 0. The number of alkyl carbamates (subject to hydrolysis) is 1. The van der Waals surface area contributed by atoms with Gasteiger partial charge in [0.2, 0.25) is 11.8 Å². The number of rotatable bonds is 8. The van der Waals surface area contributed by atoms with E-state index in [0.717, 1.165) is 42.4 Å². The summed E-state index contributed by atoms with van der Waals surface area (Å²) in [6.45, 7) is 16.9. The maximum atomic E-state index is 14.1. The second-order valence-electron chi connectivity index (χ2n) is 11.8. The SMILES string of the molecule is Cc1cccc(C)c1C(C(=O)NC1CCCCC1)N(C(=O)C(NC(=O)OC(C)(C)C)C(C)C)C(C)C. The van der Waals surface area contributed by atoms with Gasteiger partial charge >= 0.3 is 6.09 Å². The molecule has 1 aliphatic rings. The van der Waals surface area contributed by atoms with E-state index in [1.807, 2.05) is 59.7 Å². The van der Waals surface area contributed by atoms with Crippen molar-refractivity contribution >= 4 is 17.9 Å². The van der Waals surface area contributed by atoms with Crippen LogP contribution in [-0.2, 0) is 14.3 Å². The highest BCUT2D eigenvalue weighted by atomic mass is 16.6. The van der Waals surface area contributed by atoms with Crippen LogP contribution >= 0.6 is 0 Å². The smallest absolute Gasteiger partial charge is 0.408 e. The largest absolute Gasteiger partial charge is 0.444 e. The molecule has 0 radical (unpaired) electrons. The lowest BCUT2D eigenvalue weighted by molar-refractivity contribution is -0.145. The summed E-state index contributed by atoms with van der Waals surface area (Å²) >= 11 is 0. The number of nitrogens with one attached hydrogen (secondary N) is 2. The minimum absolute atomic E-state index is 0.114. The van der Waals surface area contributed by atoms with Crippen molar-refractivity contribution in [3.63, 3.8) is 0 Å². The van der Waals surface area contributed by atoms with Crippen molar-refractivity contribution in [1.82, 2.24) is 15.5 Å². The van der Waals surface area contributed by atoms with Gasteiger partial charge in [-0.3, -0.25) is 9.59 Å². The van der Waals surface area contributed by atoms with Crippen LogP contribution in [0, 0.1) is 19.8 Å². The zero-order valence-corrected chi connectivity index (χ0v) is 23.7. The highest BCUT2D eigenvalue weighted by molar-refractivity contribution is 5.93. The van der Waals surface area contributed by atoms with Gasteiger partial charge in [0.25, 0.3) is 0 Å². The molecule has 7 heteroatoms. The van der Waals surface area contributed by atoms with Crippen LogP contribution < -0.4 is 10.6 Å². The van der Waals surface area contributed by atoms with Crippen molar-refractivity contribution in [2.24, 2.45) is 5.92 Å². The second kappa shape index (κ2) is 12.6. The Hall–Kier alpha value is -2.57. The Balaban J connectivity index is 2.50. The number of benzene rings is 1. The number of amides is 3. The Morgan fingerprint density at radius 2 is 1.53 bits per heavy atom. The fourth-order valence-corrected chi connectivity index (χ4v) is 4.97. The molecular weight excluding hydrogens is 454 g/mol. The molecule has 7 nitrogen and oxygen atoms in total. The molecular formula is C29H47N3O4. The number of aryl methyl sites for hydroxylation is 2. The van der Waals surface area contributed by atoms with E-state index in [9.17, 15) is 14.4 Å². The summed E-state index contributed by atoms with van der Waals surface area (Å²) in [4.78, 5) is 42.4. The first-order chi connectivity index (χ1) is 16.7. The van der Waals surface area contributed by atoms with E-state index >= 15 is 0 Å². The maximum Gasteiger partial charge on any atom is 0.408 e. The quantitative estimate of drug-likeness (QED) is 0.487. The molecule has 0 aliphatic heterocycles. The predicted octanol–water partition coefficient (Wildman–Crippen LogP) is 5.58. The van der Waals surface area contributed by atoms with Gasteiger partial charge in [-0.05, 0) is 83.9 Å². The first-order valence-corrected chi connectivity index (χ1v) is 13.4. The number of hydrogen-bond donors (Lipinski definition) is 2. The highest BCUT2D eigenvalue weighted by Crippen LogP contribution is 2.31. The summed E-state index contributed by atoms with van der Waals surface area (Å²) in [6.07, 6.45) is 4.65. The Morgan fingerprint density at radius 1 is 0.972 bits per heavy atom. The van der Waals surface area contributed by atoms with Gasteiger partial charge in [-0.25, -0.2) is 4.79 Å². The van der Waals surface area contributed by atoms with Crippen LogP contribution in [0.2, 0.25) is 0 Å². The van der Waals surface area contributed by atoms with E-state index in [1.54, 1.807) is 25.7 Å². The topological polar surface area (TPSA) is 87.7 Å². The minimum atomic E-state index is -0.837. The van der Waals surface area contributed by atoms with E-state index in [2.05, 4.69) is 10.6 Å². The fourth-order valence-electron chi connectivity index (χ4n) is 4.97. The van der Waals surface area contributed by atoms with Gasteiger partial charge in [0.15, 0.2) is 0 Å². The molecule has 2 rings (SSSR count). The molecule has 202 valence electrons. The Bertz CT molecular complexity index is 893. The lowest BCUT2D eigenvalue weighted by Gasteiger charge is -2.39. The molecule has 1 aromatic rings. The molecule has 1 aromatic carbocycles. The molecule has 0 spiro atoms. The number of hydrogen-bond acceptors (Lipinski definition) is 4. The maximum absolute atomic E-state index is 14.1. The zero-order valence-electron chi connectivity index (χ0n) is 23.7. The molecule has 0 aromatic heterocycles. The van der Waals surface area contributed by atoms with Gasteiger partial charge in [-0.1, -0.05) is 51.3 Å². The third-order valence-electron chi connectivity index (χ3n) is 6.71. The monoisotopic (exact) mass is 501 g/mol. The van der Waals surface area contributed by atoms with Crippen molar-refractivity contribution in [2.45, 2.75) is 124 Å². The van der Waals surface area contributed by atoms with Crippen LogP contribution in [0.15, 0.2) is 18.2 Å². The van der Waals surface area contributed by atoms with Crippen LogP contribution in [0.1, 0.15) is 103 Å². The third-order valence-corrected chi connectivity index (χ3v) is 6.71. The number of carbonyl (C=O) groups excluding carboxylic acids is 3. The summed E-state index contributed by atoms with van der Waals surface area (Å²) in [5, 5.41) is 6.04. The van der Waals surface area contributed by atoms with Crippen LogP contribution in [0.3, 0.4) is 0 Å². The molecule has 1 fully saturated rings. The van der Waals surface area contributed by atoms with Gasteiger partial charge < -0.3 is 20.3 Å². The number of nitrogens with zero attached hydrogens (tertiary/aromatic N) is 1. The summed E-state index contributed by atoms with van der Waals surface area (Å²) in [5.74, 6) is -0.662. The summed E-state index contributed by atoms with van der Waals surface area (Å²) < 4.78 is 5.44. The molecule has 3 amide bonds. The van der Waals surface area contributed by atoms with E-state index < -0.39 is 23.8 Å². The van der Waals surface area contributed by atoms with Gasteiger partial charge in [-0.2, -0.15) is 0 Å². The average Bonchev–Trinajstić information content (AvgIpc) is 2.75. The predicted molar refractivity (Wildman–Crippen MR) is 144 cm³/mol. The molecule has 36 heavy (non-hydrogen) atoms. The summed E-state index contributed by atoms with van der Waals surface area (Å²) in [5.41, 5.74) is 2.07. The first kappa shape index (κ1) is 29.7. The molecule has 2 unspecified atom stereocenters. The van der Waals surface area contributed by atoms with Crippen LogP contribution in [-0.4, -0.2) is 46.5 Å². The van der Waals surface area contributed by atoms with Crippen LogP contribution in [0.25, 0.3) is 0 Å². The van der Waals surface area contributed by atoms with Gasteiger partial charge in [0.05, 0.1) is 0 Å². The minimum Gasteiger partial charge on any atom is -0.444 e.